The largest absolute Gasteiger partial charge is 0.462 e. The summed E-state index contributed by atoms with van der Waals surface area (Å²) in [5.41, 5.74) is 1.03. The van der Waals surface area contributed by atoms with Gasteiger partial charge in [0.05, 0.1) is 18.8 Å². The predicted molar refractivity (Wildman–Crippen MR) is 93.1 cm³/mol. The summed E-state index contributed by atoms with van der Waals surface area (Å²) in [6, 6.07) is 5.75. The highest BCUT2D eigenvalue weighted by Crippen LogP contribution is 2.17. The third-order valence-corrected chi connectivity index (χ3v) is 3.62. The molecule has 0 atom stereocenters. The highest BCUT2D eigenvalue weighted by Gasteiger charge is 2.13. The fourth-order valence-electron chi connectivity index (χ4n) is 1.79. The monoisotopic (exact) mass is 363 g/mol. The molecule has 0 fully saturated rings. The van der Waals surface area contributed by atoms with Crippen LogP contribution in [0.3, 0.4) is 0 Å². The van der Waals surface area contributed by atoms with Gasteiger partial charge in [0, 0.05) is 11.1 Å². The number of amides is 2. The summed E-state index contributed by atoms with van der Waals surface area (Å²) in [6.45, 7) is 3.97. The van der Waals surface area contributed by atoms with Gasteiger partial charge in [-0.25, -0.2) is 19.4 Å². The Balaban J connectivity index is 1.92. The Hall–Kier alpha value is -2.94. The molecule has 8 nitrogen and oxygen atoms in total. The number of carbonyl (C=O) groups is 3. The van der Waals surface area contributed by atoms with E-state index >= 15 is 0 Å². The molecule has 25 heavy (non-hydrogen) atoms. The molecule has 0 radical (unpaired) electrons. The number of nitrogens with one attached hydrogen (secondary N) is 2. The molecule has 0 saturated heterocycles. The normalized spacial score (nSPS) is 10.0. The lowest BCUT2D eigenvalue weighted by Crippen LogP contribution is -2.19. The number of anilines is 2. The summed E-state index contributed by atoms with van der Waals surface area (Å²) in [5, 5.41) is 6.89. The number of hydrogen-bond acceptors (Lipinski definition) is 7. The topological polar surface area (TPSA) is 107 Å². The maximum Gasteiger partial charge on any atom is 0.357 e. The van der Waals surface area contributed by atoms with Crippen molar-refractivity contribution >= 4 is 40.1 Å². The van der Waals surface area contributed by atoms with Crippen molar-refractivity contribution in [1.29, 1.82) is 0 Å². The van der Waals surface area contributed by atoms with Crippen LogP contribution in [-0.2, 0) is 9.47 Å². The van der Waals surface area contributed by atoms with Crippen LogP contribution in [-0.4, -0.2) is 36.2 Å². The van der Waals surface area contributed by atoms with Crippen molar-refractivity contribution < 1.29 is 23.9 Å². The molecular formula is C16H17N3O5S. The highest BCUT2D eigenvalue weighted by molar-refractivity contribution is 7.14. The first kappa shape index (κ1) is 18.4. The number of thiazole rings is 1. The van der Waals surface area contributed by atoms with E-state index in [1.165, 1.54) is 5.38 Å². The van der Waals surface area contributed by atoms with E-state index in [1.807, 2.05) is 0 Å². The van der Waals surface area contributed by atoms with Crippen LogP contribution in [0.25, 0.3) is 0 Å². The van der Waals surface area contributed by atoms with E-state index in [2.05, 4.69) is 15.6 Å². The Morgan fingerprint density at radius 1 is 1.00 bits per heavy atom. The SMILES string of the molecule is CCOC(=O)c1ccc(NC(=O)Nc2nc(C(=O)OCC)cs2)cc1. The minimum atomic E-state index is -0.540. The fourth-order valence-corrected chi connectivity index (χ4v) is 2.47. The summed E-state index contributed by atoms with van der Waals surface area (Å²) < 4.78 is 9.71. The number of ether oxygens (including phenoxy) is 2. The Kier molecular flexibility index (Phi) is 6.47. The first-order valence-corrected chi connectivity index (χ1v) is 8.39. The number of hydrogen-bond donors (Lipinski definition) is 2. The van der Waals surface area contributed by atoms with Crippen LogP contribution in [0.4, 0.5) is 15.6 Å². The molecule has 2 amide bonds. The van der Waals surface area contributed by atoms with Crippen LogP contribution < -0.4 is 10.6 Å². The number of carbonyl (C=O) groups excluding carboxylic acids is 3. The van der Waals surface area contributed by atoms with Gasteiger partial charge in [0.2, 0.25) is 0 Å². The van der Waals surface area contributed by atoms with Crippen molar-refractivity contribution in [3.8, 4) is 0 Å². The van der Waals surface area contributed by atoms with Gasteiger partial charge < -0.3 is 14.8 Å². The molecule has 9 heteroatoms. The van der Waals surface area contributed by atoms with E-state index in [0.29, 0.717) is 17.9 Å². The van der Waals surface area contributed by atoms with Gasteiger partial charge in [0.1, 0.15) is 0 Å². The minimum absolute atomic E-state index is 0.140. The van der Waals surface area contributed by atoms with Gasteiger partial charge in [-0.05, 0) is 38.1 Å². The molecule has 0 spiro atoms. The molecule has 2 N–H and O–H groups in total. The summed E-state index contributed by atoms with van der Waals surface area (Å²) in [5.74, 6) is -0.963. The van der Waals surface area contributed by atoms with Gasteiger partial charge in [0.25, 0.3) is 0 Å². The summed E-state index contributed by atoms with van der Waals surface area (Å²) in [7, 11) is 0. The van der Waals surface area contributed by atoms with Crippen LogP contribution in [0.2, 0.25) is 0 Å². The number of esters is 2. The van der Waals surface area contributed by atoms with Crippen LogP contribution in [0.15, 0.2) is 29.6 Å². The Bertz CT molecular complexity index is 757. The van der Waals surface area contributed by atoms with Gasteiger partial charge in [-0.15, -0.1) is 11.3 Å². The highest BCUT2D eigenvalue weighted by atomic mass is 32.1. The van der Waals surface area contributed by atoms with Crippen LogP contribution >= 0.6 is 11.3 Å². The van der Waals surface area contributed by atoms with Crippen molar-refractivity contribution in [2.24, 2.45) is 0 Å². The average Bonchev–Trinajstić information content (AvgIpc) is 3.04. The van der Waals surface area contributed by atoms with Gasteiger partial charge in [-0.3, -0.25) is 5.32 Å². The molecule has 132 valence electrons. The molecule has 1 aromatic carbocycles. The zero-order valence-electron chi connectivity index (χ0n) is 13.7. The number of benzene rings is 1. The maximum atomic E-state index is 11.9. The summed E-state index contributed by atoms with van der Waals surface area (Å²) in [6.07, 6.45) is 0. The first-order valence-electron chi connectivity index (χ1n) is 7.51. The van der Waals surface area contributed by atoms with Crippen molar-refractivity contribution in [3.63, 3.8) is 0 Å². The lowest BCUT2D eigenvalue weighted by atomic mass is 10.2. The van der Waals surface area contributed by atoms with E-state index in [1.54, 1.807) is 38.1 Å². The molecule has 1 aromatic heterocycles. The molecule has 0 saturated carbocycles. The van der Waals surface area contributed by atoms with Crippen molar-refractivity contribution in [1.82, 2.24) is 4.98 Å². The molecular weight excluding hydrogens is 346 g/mol. The van der Waals surface area contributed by atoms with E-state index < -0.39 is 18.0 Å². The summed E-state index contributed by atoms with van der Waals surface area (Å²) >= 11 is 1.11. The Morgan fingerprint density at radius 2 is 1.64 bits per heavy atom. The lowest BCUT2D eigenvalue weighted by Gasteiger charge is -2.06. The second-order valence-electron chi connectivity index (χ2n) is 4.64. The fraction of sp³-hybridized carbons (Fsp3) is 0.250. The quantitative estimate of drug-likeness (QED) is 0.764. The van der Waals surface area contributed by atoms with Gasteiger partial charge in [0.15, 0.2) is 10.8 Å². The zero-order chi connectivity index (χ0) is 18.2. The molecule has 2 rings (SSSR count). The van der Waals surface area contributed by atoms with Crippen LogP contribution in [0.5, 0.6) is 0 Å². The number of urea groups is 1. The van der Waals surface area contributed by atoms with E-state index in [0.717, 1.165) is 11.3 Å². The standard InChI is InChI=1S/C16H17N3O5S/c1-3-23-13(20)10-5-7-11(8-6-10)17-15(22)19-16-18-12(9-25-16)14(21)24-4-2/h5-9H,3-4H2,1-2H3,(H2,17,18,19,22). The molecule has 0 aliphatic carbocycles. The van der Waals surface area contributed by atoms with E-state index in [9.17, 15) is 14.4 Å². The van der Waals surface area contributed by atoms with E-state index in [4.69, 9.17) is 9.47 Å². The number of rotatable bonds is 6. The maximum absolute atomic E-state index is 11.9. The second kappa shape index (κ2) is 8.78. The van der Waals surface area contributed by atoms with E-state index in [-0.39, 0.29) is 17.4 Å². The number of nitrogens with zero attached hydrogens (tertiary/aromatic N) is 1. The van der Waals surface area contributed by atoms with Gasteiger partial charge >= 0.3 is 18.0 Å². The van der Waals surface area contributed by atoms with Crippen LogP contribution in [0.1, 0.15) is 34.7 Å². The second-order valence-corrected chi connectivity index (χ2v) is 5.49. The third-order valence-electron chi connectivity index (χ3n) is 2.86. The molecule has 1 heterocycles. The lowest BCUT2D eigenvalue weighted by molar-refractivity contribution is 0.0513. The Morgan fingerprint density at radius 3 is 2.28 bits per heavy atom. The number of aromatic nitrogens is 1. The molecule has 2 aromatic rings. The summed E-state index contributed by atoms with van der Waals surface area (Å²) in [4.78, 5) is 39.0. The zero-order valence-corrected chi connectivity index (χ0v) is 14.5. The third kappa shape index (κ3) is 5.28. The smallest absolute Gasteiger partial charge is 0.357 e. The average molecular weight is 363 g/mol. The van der Waals surface area contributed by atoms with Crippen molar-refractivity contribution in [2.45, 2.75) is 13.8 Å². The first-order chi connectivity index (χ1) is 12.0. The molecule has 0 aliphatic heterocycles. The van der Waals surface area contributed by atoms with Crippen molar-refractivity contribution in [3.05, 3.63) is 40.9 Å². The molecule has 0 unspecified atom stereocenters. The van der Waals surface area contributed by atoms with Gasteiger partial charge in [-0.1, -0.05) is 0 Å². The molecule has 0 bridgehead atoms. The minimum Gasteiger partial charge on any atom is -0.462 e. The molecule has 0 aliphatic rings. The predicted octanol–water partition coefficient (Wildman–Crippen LogP) is 3.14. The van der Waals surface area contributed by atoms with Crippen LogP contribution in [0, 0.1) is 0 Å². The Labute approximate surface area is 148 Å². The van der Waals surface area contributed by atoms with Crippen molar-refractivity contribution in [2.75, 3.05) is 23.8 Å². The van der Waals surface area contributed by atoms with Gasteiger partial charge in [-0.2, -0.15) is 0 Å².